The summed E-state index contributed by atoms with van der Waals surface area (Å²) in [5.41, 5.74) is 1.91. The normalized spacial score (nSPS) is 19.7. The summed E-state index contributed by atoms with van der Waals surface area (Å²) >= 11 is 6.12. The van der Waals surface area contributed by atoms with E-state index in [1.807, 2.05) is 29.2 Å². The van der Waals surface area contributed by atoms with Crippen molar-refractivity contribution >= 4 is 44.1 Å². The van der Waals surface area contributed by atoms with Crippen LogP contribution in [0.3, 0.4) is 0 Å². The monoisotopic (exact) mass is 514 g/mol. The van der Waals surface area contributed by atoms with Crippen LogP contribution in [-0.4, -0.2) is 72.9 Å². The third-order valence-electron chi connectivity index (χ3n) is 6.82. The Balaban J connectivity index is 1.24. The van der Waals surface area contributed by atoms with E-state index in [-0.39, 0.29) is 29.0 Å². The Bertz CT molecular complexity index is 1340. The lowest BCUT2D eigenvalue weighted by molar-refractivity contribution is -0.137. The summed E-state index contributed by atoms with van der Waals surface area (Å²) in [4.78, 5) is 22.0. The Hall–Kier alpha value is -2.88. The highest BCUT2D eigenvalue weighted by Gasteiger charge is 2.36. The summed E-state index contributed by atoms with van der Waals surface area (Å²) in [7, 11) is -3.72. The molecule has 35 heavy (non-hydrogen) atoms. The van der Waals surface area contributed by atoms with Crippen molar-refractivity contribution in [2.75, 3.05) is 44.2 Å². The Labute approximate surface area is 209 Å². The van der Waals surface area contributed by atoms with E-state index in [2.05, 4.69) is 9.88 Å². The van der Waals surface area contributed by atoms with Crippen molar-refractivity contribution in [1.82, 2.24) is 14.2 Å². The minimum absolute atomic E-state index is 0.0124. The number of piperazine rings is 1. The maximum Gasteiger partial charge on any atom is 0.243 e. The fraction of sp³-hybridized carbons (Fsp3) is 0.360. The summed E-state index contributed by atoms with van der Waals surface area (Å²) in [6.45, 7) is 3.11. The van der Waals surface area contributed by atoms with E-state index in [0.29, 0.717) is 50.6 Å². The summed E-state index contributed by atoms with van der Waals surface area (Å²) in [5, 5.41) is 11.1. The van der Waals surface area contributed by atoms with E-state index in [4.69, 9.17) is 11.6 Å². The van der Waals surface area contributed by atoms with Gasteiger partial charge in [-0.1, -0.05) is 11.6 Å². The van der Waals surface area contributed by atoms with Gasteiger partial charge in [-0.2, -0.15) is 4.31 Å². The predicted molar refractivity (Wildman–Crippen MR) is 135 cm³/mol. The van der Waals surface area contributed by atoms with Crippen molar-refractivity contribution in [2.45, 2.75) is 17.7 Å². The highest BCUT2D eigenvalue weighted by molar-refractivity contribution is 7.89. The lowest BCUT2D eigenvalue weighted by atomic mass is 9.97. The molecule has 3 aromatic rings. The number of rotatable bonds is 4. The first-order chi connectivity index (χ1) is 16.8. The van der Waals surface area contributed by atoms with Crippen molar-refractivity contribution in [3.63, 3.8) is 0 Å². The van der Waals surface area contributed by atoms with Crippen LogP contribution in [-0.2, 0) is 14.8 Å². The second-order valence-electron chi connectivity index (χ2n) is 9.00. The van der Waals surface area contributed by atoms with Crippen LogP contribution < -0.4 is 4.90 Å². The number of piperidine rings is 1. The Kier molecular flexibility index (Phi) is 6.57. The Morgan fingerprint density at radius 2 is 1.74 bits per heavy atom. The number of halogens is 1. The highest BCUT2D eigenvalue weighted by Crippen LogP contribution is 2.30. The quantitative estimate of drug-likeness (QED) is 0.574. The maximum absolute atomic E-state index is 13.3. The van der Waals surface area contributed by atoms with Gasteiger partial charge in [0.25, 0.3) is 0 Å². The van der Waals surface area contributed by atoms with Crippen LogP contribution in [0.15, 0.2) is 59.6 Å². The molecule has 2 aliphatic rings. The van der Waals surface area contributed by atoms with Crippen molar-refractivity contribution < 1.29 is 18.3 Å². The van der Waals surface area contributed by atoms with Gasteiger partial charge in [0.2, 0.25) is 15.9 Å². The largest absolute Gasteiger partial charge is 0.508 e. The molecule has 0 bridgehead atoms. The van der Waals surface area contributed by atoms with E-state index in [1.54, 1.807) is 6.20 Å². The average Bonchev–Trinajstić information content (AvgIpc) is 2.88. The SMILES string of the molecule is O=C(C1CCCN(S(=O)(=O)c2ccc(O)cc2)C1)N1CCN(c2ccnc3cc(Cl)ccc23)CC1. The molecule has 1 aromatic heterocycles. The van der Waals surface area contributed by atoms with Gasteiger partial charge in [-0.3, -0.25) is 9.78 Å². The number of phenolic OH excluding ortho intramolecular Hbond substituents is 1. The van der Waals surface area contributed by atoms with Gasteiger partial charge in [0, 0.05) is 61.6 Å². The Morgan fingerprint density at radius 3 is 2.49 bits per heavy atom. The van der Waals surface area contributed by atoms with E-state index in [0.717, 1.165) is 16.6 Å². The fourth-order valence-corrected chi connectivity index (χ4v) is 6.63. The van der Waals surface area contributed by atoms with E-state index in [9.17, 15) is 18.3 Å². The number of aromatic hydroxyl groups is 1. The molecule has 5 rings (SSSR count). The van der Waals surface area contributed by atoms with Gasteiger partial charge < -0.3 is 14.9 Å². The third kappa shape index (κ3) is 4.80. The molecule has 2 saturated heterocycles. The number of amides is 1. The zero-order valence-electron chi connectivity index (χ0n) is 19.2. The van der Waals surface area contributed by atoms with Crippen molar-refractivity contribution in [1.29, 1.82) is 0 Å². The molecule has 8 nitrogen and oxygen atoms in total. The summed E-state index contributed by atoms with van der Waals surface area (Å²) < 4.78 is 27.5. The number of hydrogen-bond acceptors (Lipinski definition) is 6. The highest BCUT2D eigenvalue weighted by atomic mass is 35.5. The average molecular weight is 515 g/mol. The lowest BCUT2D eigenvalue weighted by Crippen LogP contribution is -2.53. The number of anilines is 1. The number of benzene rings is 2. The predicted octanol–water partition coefficient (Wildman–Crippen LogP) is 3.34. The van der Waals surface area contributed by atoms with Gasteiger partial charge in [0.15, 0.2) is 0 Å². The van der Waals surface area contributed by atoms with Gasteiger partial charge >= 0.3 is 0 Å². The number of phenols is 1. The van der Waals surface area contributed by atoms with Crippen LogP contribution in [0.5, 0.6) is 5.75 Å². The molecule has 1 N–H and O–H groups in total. The second kappa shape index (κ2) is 9.64. The molecule has 1 atom stereocenters. The van der Waals surface area contributed by atoms with Gasteiger partial charge in [0.1, 0.15) is 5.75 Å². The number of carbonyl (C=O) groups is 1. The van der Waals surface area contributed by atoms with Gasteiger partial charge in [-0.15, -0.1) is 0 Å². The van der Waals surface area contributed by atoms with Crippen LogP contribution in [0, 0.1) is 5.92 Å². The van der Waals surface area contributed by atoms with Crippen LogP contribution >= 0.6 is 11.6 Å². The minimum atomic E-state index is -3.72. The topological polar surface area (TPSA) is 94.0 Å². The molecule has 0 saturated carbocycles. The first-order valence-electron chi connectivity index (χ1n) is 11.7. The number of aromatic nitrogens is 1. The molecule has 10 heteroatoms. The standard InChI is InChI=1S/C25H27ClN4O4S/c26-19-3-8-22-23(16-19)27-10-9-24(22)28-12-14-29(15-13-28)25(32)18-2-1-11-30(17-18)35(33,34)21-6-4-20(31)5-7-21/h3-10,16,18,31H,1-2,11-15,17H2. The smallest absolute Gasteiger partial charge is 0.243 e. The van der Waals surface area contributed by atoms with Crippen LogP contribution in [0.4, 0.5) is 5.69 Å². The molecule has 184 valence electrons. The molecule has 0 aliphatic carbocycles. The van der Waals surface area contributed by atoms with E-state index in [1.165, 1.54) is 28.6 Å². The molecule has 0 spiro atoms. The number of hydrogen-bond donors (Lipinski definition) is 1. The van der Waals surface area contributed by atoms with Crippen LogP contribution in [0.25, 0.3) is 10.9 Å². The lowest BCUT2D eigenvalue weighted by Gasteiger charge is -2.39. The first-order valence-corrected chi connectivity index (χ1v) is 13.5. The fourth-order valence-electron chi connectivity index (χ4n) is 4.94. The van der Waals surface area contributed by atoms with Crippen LogP contribution in [0.2, 0.25) is 5.02 Å². The van der Waals surface area contributed by atoms with Crippen molar-refractivity contribution in [3.05, 3.63) is 59.8 Å². The Morgan fingerprint density at radius 1 is 1.00 bits per heavy atom. The van der Waals surface area contributed by atoms with E-state index < -0.39 is 10.0 Å². The number of fused-ring (bicyclic) bond motifs is 1. The molecule has 0 radical (unpaired) electrons. The van der Waals surface area contributed by atoms with Gasteiger partial charge in [-0.05, 0) is 61.4 Å². The van der Waals surface area contributed by atoms with Crippen molar-refractivity contribution in [3.8, 4) is 5.75 Å². The molecule has 2 aromatic carbocycles. The summed E-state index contributed by atoms with van der Waals surface area (Å²) in [6, 6.07) is 13.2. The number of carbonyl (C=O) groups excluding carboxylic acids is 1. The molecule has 3 heterocycles. The van der Waals surface area contributed by atoms with E-state index >= 15 is 0 Å². The zero-order chi connectivity index (χ0) is 24.6. The molecule has 1 unspecified atom stereocenters. The second-order valence-corrected chi connectivity index (χ2v) is 11.4. The van der Waals surface area contributed by atoms with Gasteiger partial charge in [0.05, 0.1) is 16.3 Å². The van der Waals surface area contributed by atoms with Gasteiger partial charge in [-0.25, -0.2) is 8.42 Å². The summed E-state index contributed by atoms with van der Waals surface area (Å²) in [5.74, 6) is -0.328. The number of nitrogens with zero attached hydrogens (tertiary/aromatic N) is 4. The number of sulfonamides is 1. The minimum Gasteiger partial charge on any atom is -0.508 e. The molecule has 2 aliphatic heterocycles. The third-order valence-corrected chi connectivity index (χ3v) is 8.94. The van der Waals surface area contributed by atoms with Crippen molar-refractivity contribution in [2.24, 2.45) is 5.92 Å². The molecule has 1 amide bonds. The van der Waals surface area contributed by atoms with Crippen LogP contribution in [0.1, 0.15) is 12.8 Å². The summed E-state index contributed by atoms with van der Waals surface area (Å²) in [6.07, 6.45) is 3.09. The molecular formula is C25H27ClN4O4S. The molecule has 2 fully saturated rings. The first kappa shape index (κ1) is 23.8. The zero-order valence-corrected chi connectivity index (χ0v) is 20.7. The number of pyridine rings is 1. The maximum atomic E-state index is 13.3. The molecular weight excluding hydrogens is 488 g/mol.